The summed E-state index contributed by atoms with van der Waals surface area (Å²) in [6.07, 6.45) is 6.93. The van der Waals surface area contributed by atoms with Crippen LogP contribution in [0.15, 0.2) is 0 Å². The van der Waals surface area contributed by atoms with E-state index in [0.717, 1.165) is 58.0 Å². The largest absolute Gasteiger partial charge is 0.340 e. The summed E-state index contributed by atoms with van der Waals surface area (Å²) < 4.78 is 0. The van der Waals surface area contributed by atoms with E-state index >= 15 is 0 Å². The van der Waals surface area contributed by atoms with Gasteiger partial charge < -0.3 is 15.5 Å². The summed E-state index contributed by atoms with van der Waals surface area (Å²) in [5, 5.41) is 0. The van der Waals surface area contributed by atoms with Crippen LogP contribution in [0.1, 0.15) is 58.8 Å². The third-order valence-corrected chi connectivity index (χ3v) is 6.15. The lowest BCUT2D eigenvalue weighted by molar-refractivity contribution is -0.147. The molecule has 6 heteroatoms. The van der Waals surface area contributed by atoms with Gasteiger partial charge in [0, 0.05) is 31.6 Å². The molecule has 0 radical (unpaired) electrons. The van der Waals surface area contributed by atoms with Gasteiger partial charge in [0.15, 0.2) is 0 Å². The molecule has 3 rings (SSSR count). The Bertz CT molecular complexity index is 477. The highest BCUT2D eigenvalue weighted by Crippen LogP contribution is 2.32. The molecule has 138 valence electrons. The fraction of sp³-hybridized carbons (Fsp3) is 0.889. The van der Waals surface area contributed by atoms with E-state index in [-0.39, 0.29) is 47.6 Å². The Morgan fingerprint density at radius 3 is 2.25 bits per heavy atom. The van der Waals surface area contributed by atoms with Crippen LogP contribution in [0.4, 0.5) is 0 Å². The number of nitrogens with zero attached hydrogens (tertiary/aromatic N) is 2. The molecule has 2 saturated heterocycles. The van der Waals surface area contributed by atoms with Gasteiger partial charge in [0.25, 0.3) is 0 Å². The molecule has 2 aliphatic heterocycles. The maximum atomic E-state index is 13.0. The third-order valence-electron chi connectivity index (χ3n) is 6.15. The maximum absolute atomic E-state index is 13.0. The normalized spacial score (nSPS) is 30.3. The lowest BCUT2D eigenvalue weighted by atomic mass is 9.79. The SMILES string of the molecule is CC1(C)CN(C(=O)C2CCCN2C(=O)C2CCCC2)CCC1N.Cl. The van der Waals surface area contributed by atoms with Gasteiger partial charge in [-0.05, 0) is 37.5 Å². The lowest BCUT2D eigenvalue weighted by Crippen LogP contribution is -2.57. The molecule has 0 aromatic rings. The Morgan fingerprint density at radius 1 is 0.958 bits per heavy atom. The highest BCUT2D eigenvalue weighted by molar-refractivity contribution is 5.89. The summed E-state index contributed by atoms with van der Waals surface area (Å²) >= 11 is 0. The van der Waals surface area contributed by atoms with Crippen LogP contribution in [0.5, 0.6) is 0 Å². The van der Waals surface area contributed by atoms with Crippen LogP contribution in [0.25, 0.3) is 0 Å². The zero-order chi connectivity index (χ0) is 16.6. The molecule has 2 N–H and O–H groups in total. The van der Waals surface area contributed by atoms with E-state index in [1.165, 1.54) is 0 Å². The summed E-state index contributed by atoms with van der Waals surface area (Å²) in [6.45, 7) is 6.45. The summed E-state index contributed by atoms with van der Waals surface area (Å²) in [6, 6.07) is -0.0837. The molecule has 5 nitrogen and oxygen atoms in total. The number of rotatable bonds is 2. The van der Waals surface area contributed by atoms with Crippen LogP contribution in [0.3, 0.4) is 0 Å². The van der Waals surface area contributed by atoms with Gasteiger partial charge in [-0.3, -0.25) is 9.59 Å². The second-order valence-corrected chi connectivity index (χ2v) is 8.31. The molecule has 0 aromatic heterocycles. The van der Waals surface area contributed by atoms with Crippen molar-refractivity contribution in [3.8, 4) is 0 Å². The van der Waals surface area contributed by atoms with E-state index in [9.17, 15) is 9.59 Å². The van der Waals surface area contributed by atoms with Crippen molar-refractivity contribution < 1.29 is 9.59 Å². The summed E-state index contributed by atoms with van der Waals surface area (Å²) in [7, 11) is 0. The molecule has 2 unspecified atom stereocenters. The van der Waals surface area contributed by atoms with E-state index in [2.05, 4.69) is 13.8 Å². The monoisotopic (exact) mass is 357 g/mol. The molecular weight excluding hydrogens is 326 g/mol. The minimum atomic E-state index is -0.228. The van der Waals surface area contributed by atoms with E-state index in [0.29, 0.717) is 6.54 Å². The van der Waals surface area contributed by atoms with Crippen LogP contribution < -0.4 is 5.73 Å². The number of hydrogen-bond acceptors (Lipinski definition) is 3. The van der Waals surface area contributed by atoms with Crippen LogP contribution in [0, 0.1) is 11.3 Å². The number of hydrogen-bond donors (Lipinski definition) is 1. The minimum absolute atomic E-state index is 0. The Morgan fingerprint density at radius 2 is 1.62 bits per heavy atom. The first-order chi connectivity index (χ1) is 10.9. The Kier molecular flexibility index (Phi) is 6.19. The summed E-state index contributed by atoms with van der Waals surface area (Å²) in [4.78, 5) is 29.6. The lowest BCUT2D eigenvalue weighted by Gasteiger charge is -2.44. The third kappa shape index (κ3) is 3.72. The highest BCUT2D eigenvalue weighted by Gasteiger charge is 2.42. The number of halogens is 1. The fourth-order valence-corrected chi connectivity index (χ4v) is 4.47. The molecule has 0 spiro atoms. The Balaban J connectivity index is 0.00000208. The second kappa shape index (κ2) is 7.61. The number of likely N-dealkylation sites (tertiary alicyclic amines) is 2. The van der Waals surface area contributed by atoms with Gasteiger partial charge in [-0.2, -0.15) is 0 Å². The first-order valence-corrected chi connectivity index (χ1v) is 9.25. The summed E-state index contributed by atoms with van der Waals surface area (Å²) in [5.41, 5.74) is 6.14. The van der Waals surface area contributed by atoms with Crippen LogP contribution in [-0.2, 0) is 9.59 Å². The second-order valence-electron chi connectivity index (χ2n) is 8.31. The van der Waals surface area contributed by atoms with Gasteiger partial charge in [0.2, 0.25) is 11.8 Å². The van der Waals surface area contributed by atoms with Gasteiger partial charge in [0.05, 0.1) is 0 Å². The minimum Gasteiger partial charge on any atom is -0.340 e. The number of amides is 2. The molecule has 0 aromatic carbocycles. The van der Waals surface area contributed by atoms with Crippen molar-refractivity contribution in [2.75, 3.05) is 19.6 Å². The van der Waals surface area contributed by atoms with E-state index in [1.807, 2.05) is 9.80 Å². The van der Waals surface area contributed by atoms with E-state index in [4.69, 9.17) is 5.73 Å². The van der Waals surface area contributed by atoms with Crippen LogP contribution in [0.2, 0.25) is 0 Å². The van der Waals surface area contributed by atoms with Crippen molar-refractivity contribution in [3.05, 3.63) is 0 Å². The smallest absolute Gasteiger partial charge is 0.245 e. The highest BCUT2D eigenvalue weighted by atomic mass is 35.5. The van der Waals surface area contributed by atoms with Gasteiger partial charge >= 0.3 is 0 Å². The zero-order valence-electron chi connectivity index (χ0n) is 15.0. The van der Waals surface area contributed by atoms with Crippen LogP contribution >= 0.6 is 12.4 Å². The Labute approximate surface area is 151 Å². The number of piperidine rings is 1. The number of carbonyl (C=O) groups is 2. The molecule has 24 heavy (non-hydrogen) atoms. The molecule has 2 atom stereocenters. The Hall–Kier alpha value is -0.810. The zero-order valence-corrected chi connectivity index (χ0v) is 15.8. The molecule has 2 heterocycles. The number of carbonyl (C=O) groups excluding carboxylic acids is 2. The topological polar surface area (TPSA) is 66.6 Å². The van der Waals surface area contributed by atoms with Crippen molar-refractivity contribution in [1.29, 1.82) is 0 Å². The molecular formula is C18H32ClN3O2. The average molecular weight is 358 g/mol. The fourth-order valence-electron chi connectivity index (χ4n) is 4.47. The first-order valence-electron chi connectivity index (χ1n) is 9.25. The first kappa shape index (κ1) is 19.5. The number of nitrogens with two attached hydrogens (primary N) is 1. The summed E-state index contributed by atoms with van der Waals surface area (Å²) in [5.74, 6) is 0.537. The standard InChI is InChI=1S/C18H31N3O2.ClH/c1-18(2)12-20(11-9-15(18)19)17(23)14-8-5-10-21(14)16(22)13-6-3-4-7-13;/h13-15H,3-12,19H2,1-2H3;1H. The van der Waals surface area contributed by atoms with Gasteiger partial charge in [-0.15, -0.1) is 12.4 Å². The molecule has 1 saturated carbocycles. The van der Waals surface area contributed by atoms with Gasteiger partial charge in [-0.1, -0.05) is 26.7 Å². The van der Waals surface area contributed by atoms with Crippen LogP contribution in [-0.4, -0.2) is 53.3 Å². The molecule has 3 fully saturated rings. The quantitative estimate of drug-likeness (QED) is 0.823. The average Bonchev–Trinajstić information content (AvgIpc) is 3.19. The molecule has 0 bridgehead atoms. The van der Waals surface area contributed by atoms with Gasteiger partial charge in [-0.25, -0.2) is 0 Å². The van der Waals surface area contributed by atoms with Crippen molar-refractivity contribution >= 4 is 24.2 Å². The van der Waals surface area contributed by atoms with Crippen molar-refractivity contribution in [2.45, 2.75) is 70.9 Å². The molecule has 3 aliphatic rings. The maximum Gasteiger partial charge on any atom is 0.245 e. The predicted octanol–water partition coefficient (Wildman–Crippen LogP) is 2.18. The van der Waals surface area contributed by atoms with Gasteiger partial charge in [0.1, 0.15) is 6.04 Å². The van der Waals surface area contributed by atoms with E-state index in [1.54, 1.807) is 0 Å². The van der Waals surface area contributed by atoms with Crippen molar-refractivity contribution in [1.82, 2.24) is 9.80 Å². The van der Waals surface area contributed by atoms with E-state index < -0.39 is 0 Å². The molecule has 2 amide bonds. The van der Waals surface area contributed by atoms with Crippen molar-refractivity contribution in [3.63, 3.8) is 0 Å². The predicted molar refractivity (Wildman–Crippen MR) is 96.9 cm³/mol. The molecule has 1 aliphatic carbocycles. The van der Waals surface area contributed by atoms with Crippen molar-refractivity contribution in [2.24, 2.45) is 17.1 Å².